The minimum Gasteiger partial charge on any atom is -0.508 e. The zero-order valence-electron chi connectivity index (χ0n) is 24.5. The van der Waals surface area contributed by atoms with Crippen molar-refractivity contribution in [3.63, 3.8) is 0 Å². The maximum absolute atomic E-state index is 14.1. The van der Waals surface area contributed by atoms with E-state index in [0.717, 1.165) is 17.5 Å². The second-order valence-electron chi connectivity index (χ2n) is 11.8. The van der Waals surface area contributed by atoms with E-state index in [1.54, 1.807) is 27.3 Å². The van der Waals surface area contributed by atoms with Crippen LogP contribution in [-0.2, 0) is 20.8 Å². The number of likely N-dealkylation sites (N-methyl/N-ethyl adjacent to an activating group) is 1. The molecule has 0 aliphatic heterocycles. The number of fused-ring (bicyclic) bond motifs is 3. The lowest BCUT2D eigenvalue weighted by molar-refractivity contribution is -0.153. The molecule has 226 valence electrons. The molecule has 5 rings (SSSR count). The van der Waals surface area contributed by atoms with E-state index in [9.17, 15) is 34.8 Å². The van der Waals surface area contributed by atoms with E-state index >= 15 is 0 Å². The number of carbonyl (C=O) groups excluding carboxylic acids is 3. The number of phenolic OH excluding ortho intramolecular Hbond substituents is 1. The number of ether oxygens (including phenoxy) is 1. The number of benzene rings is 2. The fraction of sp³-hybridized carbons (Fsp3) is 0.364. The van der Waals surface area contributed by atoms with Gasteiger partial charge in [-0.15, -0.1) is 6.58 Å². The van der Waals surface area contributed by atoms with Crippen LogP contribution in [0.5, 0.6) is 11.5 Å². The Morgan fingerprint density at radius 3 is 2.49 bits per heavy atom. The fourth-order valence-electron chi connectivity index (χ4n) is 7.13. The van der Waals surface area contributed by atoms with Crippen LogP contribution in [0, 0.1) is 11.8 Å². The highest BCUT2D eigenvalue weighted by atomic mass is 16.5. The van der Waals surface area contributed by atoms with Gasteiger partial charge in [-0.05, 0) is 80.1 Å². The van der Waals surface area contributed by atoms with Crippen molar-refractivity contribution in [3.05, 3.63) is 76.6 Å². The third-order valence-electron chi connectivity index (χ3n) is 9.21. The Bertz CT molecular complexity index is 1640. The molecule has 0 heterocycles. The molecule has 0 spiro atoms. The predicted molar refractivity (Wildman–Crippen MR) is 159 cm³/mol. The molecule has 1 unspecified atom stereocenters. The smallest absolute Gasteiger partial charge is 0.255 e. The second kappa shape index (κ2) is 10.7. The van der Waals surface area contributed by atoms with Crippen LogP contribution < -0.4 is 10.5 Å². The largest absolute Gasteiger partial charge is 0.508 e. The van der Waals surface area contributed by atoms with Crippen molar-refractivity contribution in [3.8, 4) is 22.6 Å². The van der Waals surface area contributed by atoms with Crippen LogP contribution in [0.25, 0.3) is 16.9 Å². The average Bonchev–Trinajstić information content (AvgIpc) is 2.94. The van der Waals surface area contributed by atoms with Gasteiger partial charge < -0.3 is 30.9 Å². The van der Waals surface area contributed by atoms with Crippen molar-refractivity contribution < 1.29 is 39.5 Å². The van der Waals surface area contributed by atoms with Gasteiger partial charge in [-0.25, -0.2) is 0 Å². The predicted octanol–water partition coefficient (Wildman–Crippen LogP) is 3.32. The fourth-order valence-corrected chi connectivity index (χ4v) is 7.13. The summed E-state index contributed by atoms with van der Waals surface area (Å²) in [6.45, 7) is 5.92. The van der Waals surface area contributed by atoms with Crippen molar-refractivity contribution >= 4 is 23.2 Å². The summed E-state index contributed by atoms with van der Waals surface area (Å²) in [5, 5.41) is 45.4. The number of nitrogens with two attached hydrogens (primary N) is 1. The van der Waals surface area contributed by atoms with Gasteiger partial charge >= 0.3 is 0 Å². The van der Waals surface area contributed by atoms with Gasteiger partial charge in [0.05, 0.1) is 18.7 Å². The number of allylic oxidation sites excluding steroid dienone is 1. The summed E-state index contributed by atoms with van der Waals surface area (Å²) in [4.78, 5) is 41.1. The number of ketones is 2. The summed E-state index contributed by atoms with van der Waals surface area (Å²) in [5.74, 6) is -6.13. The lowest BCUT2D eigenvalue weighted by Gasteiger charge is -2.50. The number of aromatic hydroxyl groups is 1. The van der Waals surface area contributed by atoms with E-state index < -0.39 is 58.0 Å². The van der Waals surface area contributed by atoms with Gasteiger partial charge in [0.1, 0.15) is 28.6 Å². The minimum absolute atomic E-state index is 0.00833. The highest BCUT2D eigenvalue weighted by Gasteiger charge is 2.64. The highest BCUT2D eigenvalue weighted by Crippen LogP contribution is 2.54. The van der Waals surface area contributed by atoms with Gasteiger partial charge in [0.15, 0.2) is 11.4 Å². The Labute approximate surface area is 249 Å². The maximum Gasteiger partial charge on any atom is 0.255 e. The van der Waals surface area contributed by atoms with Gasteiger partial charge in [0.25, 0.3) is 5.91 Å². The van der Waals surface area contributed by atoms with Crippen LogP contribution in [0.1, 0.15) is 42.4 Å². The molecule has 10 nitrogen and oxygen atoms in total. The summed E-state index contributed by atoms with van der Waals surface area (Å²) in [6, 6.07) is 7.83. The van der Waals surface area contributed by atoms with Gasteiger partial charge in [0, 0.05) is 17.1 Å². The van der Waals surface area contributed by atoms with E-state index in [-0.39, 0.29) is 35.6 Å². The summed E-state index contributed by atoms with van der Waals surface area (Å²) in [6.07, 6.45) is 2.78. The quantitative estimate of drug-likeness (QED) is 0.240. The molecule has 10 heteroatoms. The number of aliphatic hydroxyl groups excluding tert-OH is 2. The Balaban J connectivity index is 1.73. The monoisotopic (exact) mass is 588 g/mol. The van der Waals surface area contributed by atoms with Crippen molar-refractivity contribution in [1.29, 1.82) is 0 Å². The van der Waals surface area contributed by atoms with E-state index in [2.05, 4.69) is 13.5 Å². The molecule has 3 aliphatic carbocycles. The number of phenols is 1. The van der Waals surface area contributed by atoms with Crippen molar-refractivity contribution in [2.45, 2.75) is 43.7 Å². The van der Waals surface area contributed by atoms with Crippen molar-refractivity contribution in [2.75, 3.05) is 21.2 Å². The van der Waals surface area contributed by atoms with E-state index in [1.165, 1.54) is 11.0 Å². The van der Waals surface area contributed by atoms with Gasteiger partial charge in [-0.1, -0.05) is 25.1 Å². The Kier molecular flexibility index (Phi) is 7.48. The molecular weight excluding hydrogens is 552 g/mol. The molecule has 0 saturated heterocycles. The van der Waals surface area contributed by atoms with E-state index in [1.807, 2.05) is 24.3 Å². The molecule has 5 atom stereocenters. The summed E-state index contributed by atoms with van der Waals surface area (Å²) >= 11 is 0. The van der Waals surface area contributed by atoms with E-state index in [4.69, 9.17) is 10.5 Å². The number of Topliss-reactive ketones (excluding diaryl/α,β-unsaturated/α-hetero) is 2. The number of amides is 1. The molecule has 1 amide bonds. The number of primary amides is 1. The van der Waals surface area contributed by atoms with Crippen LogP contribution in [0.4, 0.5) is 0 Å². The number of rotatable bonds is 7. The van der Waals surface area contributed by atoms with Crippen LogP contribution in [0.15, 0.2) is 59.9 Å². The van der Waals surface area contributed by atoms with Crippen molar-refractivity contribution in [1.82, 2.24) is 4.90 Å². The molecule has 6 N–H and O–H groups in total. The first-order valence-electron chi connectivity index (χ1n) is 14.1. The second-order valence-corrected chi connectivity index (χ2v) is 11.8. The van der Waals surface area contributed by atoms with Crippen molar-refractivity contribution in [2.24, 2.45) is 17.6 Å². The number of nitrogens with zero attached hydrogens (tertiary/aromatic N) is 1. The third kappa shape index (κ3) is 4.35. The van der Waals surface area contributed by atoms with Gasteiger partial charge in [0.2, 0.25) is 5.78 Å². The first-order chi connectivity index (χ1) is 20.3. The Morgan fingerprint density at radius 2 is 1.88 bits per heavy atom. The van der Waals surface area contributed by atoms with Gasteiger partial charge in [-0.2, -0.15) is 0 Å². The lowest BCUT2D eigenvalue weighted by Crippen LogP contribution is -2.65. The molecule has 1 saturated carbocycles. The number of methoxy groups -OCH3 is 1. The number of aliphatic hydroxyl groups is 3. The zero-order chi connectivity index (χ0) is 31.5. The molecule has 2 aromatic rings. The summed E-state index contributed by atoms with van der Waals surface area (Å²) in [7, 11) is 4.68. The van der Waals surface area contributed by atoms with Gasteiger partial charge in [-0.3, -0.25) is 19.3 Å². The first kappa shape index (κ1) is 30.1. The summed E-state index contributed by atoms with van der Waals surface area (Å²) < 4.78 is 5.69. The minimum atomic E-state index is -2.68. The molecule has 2 aromatic carbocycles. The number of hydrogen-bond acceptors (Lipinski definition) is 9. The molecule has 0 radical (unpaired) electrons. The molecule has 3 aliphatic rings. The SMILES string of the molecule is C=CCC(C)c1ccc(OC)c(-c2ccc(O)c3c2C[C@@H]2C[C@@H]4[C@@H](N(C)C)C(=O)C(C(N)=O)=C(O)[C@]4(O)C(=O)C2=C3O)c1. The van der Waals surface area contributed by atoms with Crippen LogP contribution >= 0.6 is 0 Å². The molecule has 43 heavy (non-hydrogen) atoms. The normalized spacial score (nSPS) is 25.7. The molecule has 0 aromatic heterocycles. The molecule has 0 bridgehead atoms. The number of hydrogen-bond donors (Lipinski definition) is 5. The Morgan fingerprint density at radius 1 is 1.19 bits per heavy atom. The highest BCUT2D eigenvalue weighted by molar-refractivity contribution is 6.24. The van der Waals surface area contributed by atoms with Crippen LogP contribution in [0.3, 0.4) is 0 Å². The average molecular weight is 589 g/mol. The van der Waals surface area contributed by atoms with E-state index in [0.29, 0.717) is 16.9 Å². The summed E-state index contributed by atoms with van der Waals surface area (Å²) in [5.41, 5.74) is 4.71. The Hall–Kier alpha value is -4.41. The zero-order valence-corrected chi connectivity index (χ0v) is 24.5. The molecular formula is C33H36N2O8. The van der Waals surface area contributed by atoms with Crippen LogP contribution in [0.2, 0.25) is 0 Å². The van der Waals surface area contributed by atoms with Crippen LogP contribution in [-0.4, -0.2) is 75.6 Å². The third-order valence-corrected chi connectivity index (χ3v) is 9.21. The number of carbonyl (C=O) groups is 3. The lowest BCUT2D eigenvalue weighted by atomic mass is 9.57. The standard InChI is InChI=1S/C33H36N2O8/c1-6-7-15(2)16-8-11-23(43-5)19(12-16)18-9-10-22(36)25-20(18)13-17-14-21-27(35(3)4)29(38)26(32(34)41)31(40)33(21,42)30(39)24(17)28(25)37/h6,8-12,15,17,21,27,36-37,40,42H,1,7,13-14H2,2-5H3,(H2,34,41)/t15?,17-,21-,27-,33-/m1/s1. The molecule has 1 fully saturated rings. The first-order valence-corrected chi connectivity index (χ1v) is 14.1. The topological polar surface area (TPSA) is 171 Å². The maximum atomic E-state index is 14.1.